The number of likely N-dealkylation sites (N-methyl/N-ethyl adjacent to an activating group) is 1. The molecule has 4 rings (SSSR count). The van der Waals surface area contributed by atoms with Crippen LogP contribution >= 0.6 is 0 Å². The van der Waals surface area contributed by atoms with Gasteiger partial charge in [0.2, 0.25) is 0 Å². The Hall–Kier alpha value is -2.46. The van der Waals surface area contributed by atoms with E-state index in [2.05, 4.69) is 17.2 Å². The second-order valence-electron chi connectivity index (χ2n) is 9.27. The molecule has 2 aromatic rings. The first kappa shape index (κ1) is 23.7. The second-order valence-corrected chi connectivity index (χ2v) is 9.27. The van der Waals surface area contributed by atoms with Crippen molar-refractivity contribution in [2.75, 3.05) is 46.9 Å². The van der Waals surface area contributed by atoms with Crippen molar-refractivity contribution in [3.05, 3.63) is 52.1 Å². The van der Waals surface area contributed by atoms with Crippen molar-refractivity contribution < 1.29 is 31.6 Å². The molecule has 0 aliphatic carbocycles. The van der Waals surface area contributed by atoms with Crippen LogP contribution < -0.4 is 0 Å². The molecule has 6 nitrogen and oxygen atoms in total. The minimum Gasteiger partial charge on any atom is -0.379 e. The van der Waals surface area contributed by atoms with Crippen molar-refractivity contribution in [1.29, 1.82) is 0 Å². The molecule has 1 aromatic heterocycles. The van der Waals surface area contributed by atoms with E-state index in [4.69, 9.17) is 4.74 Å². The predicted molar refractivity (Wildman–Crippen MR) is 113 cm³/mol. The third-order valence-corrected chi connectivity index (χ3v) is 6.98. The lowest BCUT2D eigenvalue weighted by Gasteiger charge is -2.38. The second kappa shape index (κ2) is 9.06. The maximum Gasteiger partial charge on any atom is 0.419 e. The number of aromatic nitrogens is 2. The van der Waals surface area contributed by atoms with E-state index in [9.17, 15) is 22.4 Å². The number of piperidine rings is 1. The van der Waals surface area contributed by atoms with Gasteiger partial charge in [-0.2, -0.15) is 18.3 Å². The summed E-state index contributed by atoms with van der Waals surface area (Å²) < 4.78 is 60.3. The number of fused-ring (bicyclic) bond motifs is 1. The summed E-state index contributed by atoms with van der Waals surface area (Å²) in [6, 6.07) is 3.49. The molecule has 0 radical (unpaired) electrons. The number of quaternary nitrogens is 1. The van der Waals surface area contributed by atoms with E-state index in [0.717, 1.165) is 41.3 Å². The molecule has 0 saturated carbocycles. The standard InChI is InChI=1S/C23H28F4N4O2/c1-31(12-13-33-2)11-8-19-17(14-31)21(29-28-19)22(32)30-9-6-15(7-10-30)16-4-3-5-18(24)20(16)23(25,26)27/h3-5,15H,6-14H2,1-2H3/p+1. The fraction of sp³-hybridized carbons (Fsp3) is 0.565. The number of alkyl halides is 3. The molecule has 1 atom stereocenters. The Morgan fingerprint density at radius 1 is 1.30 bits per heavy atom. The van der Waals surface area contributed by atoms with Crippen LogP contribution in [0.1, 0.15) is 51.6 Å². The number of hydrogen-bond donors (Lipinski definition) is 1. The number of nitrogens with zero attached hydrogens (tertiary/aromatic N) is 3. The van der Waals surface area contributed by atoms with E-state index in [1.807, 2.05) is 0 Å². The third-order valence-electron chi connectivity index (χ3n) is 6.98. The SMILES string of the molecule is COCC[N+]1(C)CCc2[nH]nc(C(=O)N3CCC(c4cccc(F)c4C(F)(F)F)CC3)c2C1. The molecule has 1 amide bonds. The van der Waals surface area contributed by atoms with Crippen LogP contribution in [0, 0.1) is 5.82 Å². The quantitative estimate of drug-likeness (QED) is 0.536. The van der Waals surface area contributed by atoms with Crippen molar-refractivity contribution in [2.24, 2.45) is 0 Å². The predicted octanol–water partition coefficient (Wildman–Crippen LogP) is 3.74. The van der Waals surface area contributed by atoms with Gasteiger partial charge in [-0.3, -0.25) is 9.89 Å². The van der Waals surface area contributed by atoms with Crippen LogP contribution in [0.3, 0.4) is 0 Å². The van der Waals surface area contributed by atoms with Gasteiger partial charge in [-0.05, 0) is 30.4 Å². The molecule has 33 heavy (non-hydrogen) atoms. The summed E-state index contributed by atoms with van der Waals surface area (Å²) in [4.78, 5) is 14.9. The molecule has 2 aliphatic rings. The fourth-order valence-electron chi connectivity index (χ4n) is 5.02. The number of nitrogens with one attached hydrogen (secondary N) is 1. The molecule has 1 saturated heterocycles. The van der Waals surface area contributed by atoms with Gasteiger partial charge in [-0.1, -0.05) is 12.1 Å². The van der Waals surface area contributed by atoms with Gasteiger partial charge < -0.3 is 14.1 Å². The molecule has 1 fully saturated rings. The molecule has 180 valence electrons. The van der Waals surface area contributed by atoms with Crippen molar-refractivity contribution in [1.82, 2.24) is 15.1 Å². The van der Waals surface area contributed by atoms with Crippen LogP contribution in [0.4, 0.5) is 17.6 Å². The maximum atomic E-state index is 14.0. The zero-order valence-corrected chi connectivity index (χ0v) is 18.8. The van der Waals surface area contributed by atoms with Crippen LogP contribution in [-0.2, 0) is 23.9 Å². The van der Waals surface area contributed by atoms with Crippen molar-refractivity contribution in [3.8, 4) is 0 Å². The Balaban J connectivity index is 1.47. The molecule has 10 heteroatoms. The number of methoxy groups -OCH3 is 1. The number of benzene rings is 1. The molecule has 2 aliphatic heterocycles. The summed E-state index contributed by atoms with van der Waals surface area (Å²) in [5, 5.41) is 7.30. The molecule has 0 spiro atoms. The molecular weight excluding hydrogens is 440 g/mol. The average molecular weight is 470 g/mol. The van der Waals surface area contributed by atoms with Crippen LogP contribution in [0.2, 0.25) is 0 Å². The summed E-state index contributed by atoms with van der Waals surface area (Å²) in [7, 11) is 3.80. The summed E-state index contributed by atoms with van der Waals surface area (Å²) in [5.74, 6) is -1.92. The van der Waals surface area contributed by atoms with Gasteiger partial charge in [-0.25, -0.2) is 4.39 Å². The number of halogens is 4. The topological polar surface area (TPSA) is 58.2 Å². The monoisotopic (exact) mass is 469 g/mol. The maximum absolute atomic E-state index is 14.0. The number of aromatic amines is 1. The third kappa shape index (κ3) is 4.77. The molecule has 0 bridgehead atoms. The first-order valence-electron chi connectivity index (χ1n) is 11.2. The molecular formula is C23H29F4N4O2+. The van der Waals surface area contributed by atoms with E-state index in [-0.39, 0.29) is 11.5 Å². The summed E-state index contributed by atoms with van der Waals surface area (Å²) in [5.41, 5.74) is 1.06. The van der Waals surface area contributed by atoms with Crippen molar-refractivity contribution in [3.63, 3.8) is 0 Å². The molecule has 1 unspecified atom stereocenters. The van der Waals surface area contributed by atoms with E-state index < -0.39 is 23.5 Å². The van der Waals surface area contributed by atoms with E-state index in [1.165, 1.54) is 12.1 Å². The number of ether oxygens (including phenoxy) is 1. The Kier molecular flexibility index (Phi) is 6.50. The zero-order chi connectivity index (χ0) is 23.8. The fourth-order valence-corrected chi connectivity index (χ4v) is 5.02. The molecule has 1 aromatic carbocycles. The highest BCUT2D eigenvalue weighted by Crippen LogP contribution is 2.40. The van der Waals surface area contributed by atoms with E-state index in [0.29, 0.717) is 44.8 Å². The van der Waals surface area contributed by atoms with Gasteiger partial charge in [0.15, 0.2) is 5.69 Å². The Bertz CT molecular complexity index is 1010. The van der Waals surface area contributed by atoms with E-state index in [1.54, 1.807) is 12.0 Å². The highest BCUT2D eigenvalue weighted by molar-refractivity contribution is 5.94. The zero-order valence-electron chi connectivity index (χ0n) is 18.8. The first-order valence-corrected chi connectivity index (χ1v) is 11.2. The Morgan fingerprint density at radius 3 is 2.70 bits per heavy atom. The minimum atomic E-state index is -4.75. The van der Waals surface area contributed by atoms with Gasteiger partial charge in [0.05, 0.1) is 37.0 Å². The smallest absolute Gasteiger partial charge is 0.379 e. The lowest BCUT2D eigenvalue weighted by molar-refractivity contribution is -0.924. The van der Waals surface area contributed by atoms with Crippen LogP contribution in [-0.4, -0.2) is 72.4 Å². The number of hydrogen-bond acceptors (Lipinski definition) is 3. The number of rotatable bonds is 5. The number of H-pyrrole nitrogens is 1. The molecule has 1 N–H and O–H groups in total. The summed E-state index contributed by atoms with van der Waals surface area (Å²) in [6.45, 7) is 3.65. The summed E-state index contributed by atoms with van der Waals surface area (Å²) >= 11 is 0. The Labute approximate surface area is 190 Å². The number of carbonyl (C=O) groups is 1. The van der Waals surface area contributed by atoms with Crippen LogP contribution in [0.15, 0.2) is 18.2 Å². The molecule has 3 heterocycles. The van der Waals surface area contributed by atoms with Crippen LogP contribution in [0.25, 0.3) is 0 Å². The largest absolute Gasteiger partial charge is 0.419 e. The highest BCUT2D eigenvalue weighted by Gasteiger charge is 2.40. The lowest BCUT2D eigenvalue weighted by Crippen LogP contribution is -2.49. The summed E-state index contributed by atoms with van der Waals surface area (Å²) in [6.07, 6.45) is -3.29. The van der Waals surface area contributed by atoms with Gasteiger partial charge in [0.1, 0.15) is 18.9 Å². The number of amides is 1. The Morgan fingerprint density at radius 2 is 2.03 bits per heavy atom. The average Bonchev–Trinajstić information content (AvgIpc) is 3.19. The van der Waals surface area contributed by atoms with Crippen molar-refractivity contribution >= 4 is 5.91 Å². The number of likely N-dealkylation sites (tertiary alicyclic amines) is 1. The highest BCUT2D eigenvalue weighted by atomic mass is 19.4. The number of carbonyl (C=O) groups excluding carboxylic acids is 1. The van der Waals surface area contributed by atoms with Gasteiger partial charge >= 0.3 is 6.18 Å². The van der Waals surface area contributed by atoms with Gasteiger partial charge in [0.25, 0.3) is 5.91 Å². The van der Waals surface area contributed by atoms with Crippen LogP contribution in [0.5, 0.6) is 0 Å². The first-order chi connectivity index (χ1) is 15.6. The van der Waals surface area contributed by atoms with E-state index >= 15 is 0 Å². The van der Waals surface area contributed by atoms with Gasteiger partial charge in [0, 0.05) is 26.6 Å². The lowest BCUT2D eigenvalue weighted by atomic mass is 9.86. The van der Waals surface area contributed by atoms with Gasteiger partial charge in [-0.15, -0.1) is 0 Å². The minimum absolute atomic E-state index is 0.0297. The van der Waals surface area contributed by atoms with Crippen molar-refractivity contribution in [2.45, 2.75) is 37.9 Å². The normalized spacial score (nSPS) is 21.8.